The van der Waals surface area contributed by atoms with Gasteiger partial charge in [0.2, 0.25) is 0 Å². The number of hydrogen-bond donors (Lipinski definition) is 0. The number of aryl methyl sites for hydroxylation is 1. The second-order valence-corrected chi connectivity index (χ2v) is 8.27. The predicted octanol–water partition coefficient (Wildman–Crippen LogP) is 4.47. The van der Waals surface area contributed by atoms with Crippen molar-refractivity contribution >= 4 is 23.1 Å². The highest BCUT2D eigenvalue weighted by Crippen LogP contribution is 2.38. The molecular weight excluding hydrogens is 376 g/mol. The average Bonchev–Trinajstić information content (AvgIpc) is 3.31. The Hall–Kier alpha value is -3.08. The summed E-state index contributed by atoms with van der Waals surface area (Å²) >= 11 is 0. The highest BCUT2D eigenvalue weighted by molar-refractivity contribution is 6.45. The Morgan fingerprint density at radius 2 is 1.57 bits per heavy atom. The van der Waals surface area contributed by atoms with Gasteiger partial charge in [-0.1, -0.05) is 24.3 Å². The predicted molar refractivity (Wildman–Crippen MR) is 118 cm³/mol. The molecule has 2 aliphatic rings. The van der Waals surface area contributed by atoms with Crippen LogP contribution in [0.15, 0.2) is 48.2 Å². The largest absolute Gasteiger partial charge is 0.491 e. The molecule has 0 spiro atoms. The Kier molecular flexibility index (Phi) is 5.37. The molecule has 2 aromatic carbocycles. The van der Waals surface area contributed by atoms with Crippen molar-refractivity contribution in [2.75, 3.05) is 18.0 Å². The topological polar surface area (TPSA) is 49.9 Å². The zero-order valence-corrected chi connectivity index (χ0v) is 18.1. The highest BCUT2D eigenvalue weighted by Gasteiger charge is 2.43. The van der Waals surface area contributed by atoms with Crippen molar-refractivity contribution in [3.8, 4) is 5.75 Å². The molecule has 2 amide bonds. The van der Waals surface area contributed by atoms with Crippen LogP contribution in [-0.2, 0) is 9.59 Å². The Morgan fingerprint density at radius 3 is 2.20 bits per heavy atom. The van der Waals surface area contributed by atoms with Gasteiger partial charge >= 0.3 is 0 Å². The lowest BCUT2D eigenvalue weighted by molar-refractivity contribution is -0.120. The molecule has 0 radical (unpaired) electrons. The summed E-state index contributed by atoms with van der Waals surface area (Å²) in [6.45, 7) is 9.50. The SMILES string of the molecule is Cc1cccc(N2C(=O)C(c3ccc(OC(C)C)cc3)=C(N3CCCC3)C2=O)c1C. The minimum atomic E-state index is -0.256. The number of anilines is 1. The maximum atomic E-state index is 13.6. The van der Waals surface area contributed by atoms with Crippen LogP contribution >= 0.6 is 0 Å². The van der Waals surface area contributed by atoms with E-state index in [1.807, 2.05) is 70.2 Å². The lowest BCUT2D eigenvalue weighted by atomic mass is 10.0. The standard InChI is InChI=1S/C25H28N2O3/c1-16(2)30-20-12-10-19(11-13-20)22-23(26-14-5-6-15-26)25(29)27(24(22)28)21-9-7-8-17(3)18(21)4/h7-13,16H,5-6,14-15H2,1-4H3. The maximum absolute atomic E-state index is 13.6. The number of hydrogen-bond acceptors (Lipinski definition) is 4. The van der Waals surface area contributed by atoms with Gasteiger partial charge in [-0.2, -0.15) is 0 Å². The molecule has 30 heavy (non-hydrogen) atoms. The van der Waals surface area contributed by atoms with Crippen molar-refractivity contribution in [2.24, 2.45) is 0 Å². The summed E-state index contributed by atoms with van der Waals surface area (Å²) in [5, 5.41) is 0. The van der Waals surface area contributed by atoms with Crippen LogP contribution in [0.5, 0.6) is 5.75 Å². The summed E-state index contributed by atoms with van der Waals surface area (Å²) in [7, 11) is 0. The van der Waals surface area contributed by atoms with Gasteiger partial charge < -0.3 is 9.64 Å². The summed E-state index contributed by atoms with van der Waals surface area (Å²) in [5.41, 5.74) is 4.42. The summed E-state index contributed by atoms with van der Waals surface area (Å²) in [6, 6.07) is 13.2. The molecule has 2 aliphatic heterocycles. The van der Waals surface area contributed by atoms with E-state index in [2.05, 4.69) is 4.90 Å². The van der Waals surface area contributed by atoms with E-state index in [0.717, 1.165) is 48.4 Å². The van der Waals surface area contributed by atoms with Crippen molar-refractivity contribution in [2.45, 2.75) is 46.6 Å². The van der Waals surface area contributed by atoms with Crippen LogP contribution in [0.1, 0.15) is 43.4 Å². The fourth-order valence-electron chi connectivity index (χ4n) is 4.18. The normalized spacial score (nSPS) is 17.0. The Bertz CT molecular complexity index is 1020. The van der Waals surface area contributed by atoms with Gasteiger partial charge in [-0.3, -0.25) is 9.59 Å². The number of ether oxygens (including phenoxy) is 1. The zero-order valence-electron chi connectivity index (χ0n) is 18.1. The van der Waals surface area contributed by atoms with Crippen LogP contribution in [0.4, 0.5) is 5.69 Å². The van der Waals surface area contributed by atoms with Crippen molar-refractivity contribution in [1.82, 2.24) is 4.90 Å². The molecule has 0 N–H and O–H groups in total. The summed E-state index contributed by atoms with van der Waals surface area (Å²) in [4.78, 5) is 30.6. The van der Waals surface area contributed by atoms with Crippen LogP contribution in [-0.4, -0.2) is 35.9 Å². The minimum Gasteiger partial charge on any atom is -0.491 e. The number of carbonyl (C=O) groups excluding carboxylic acids is 2. The fraction of sp³-hybridized carbons (Fsp3) is 0.360. The van der Waals surface area contributed by atoms with E-state index in [1.165, 1.54) is 4.90 Å². The molecule has 0 atom stereocenters. The number of amides is 2. The van der Waals surface area contributed by atoms with Crippen molar-refractivity contribution < 1.29 is 14.3 Å². The third-order valence-corrected chi connectivity index (χ3v) is 5.81. The first-order valence-electron chi connectivity index (χ1n) is 10.6. The number of nitrogens with zero attached hydrogens (tertiary/aromatic N) is 2. The van der Waals surface area contributed by atoms with E-state index < -0.39 is 0 Å². The van der Waals surface area contributed by atoms with E-state index >= 15 is 0 Å². The highest BCUT2D eigenvalue weighted by atomic mass is 16.5. The van der Waals surface area contributed by atoms with Crippen LogP contribution in [0.3, 0.4) is 0 Å². The Labute approximate surface area is 177 Å². The first kappa shape index (κ1) is 20.2. The van der Waals surface area contributed by atoms with Crippen molar-refractivity contribution in [3.63, 3.8) is 0 Å². The van der Waals surface area contributed by atoms with Crippen LogP contribution in [0.2, 0.25) is 0 Å². The number of rotatable bonds is 5. The van der Waals surface area contributed by atoms with E-state index in [9.17, 15) is 9.59 Å². The average molecular weight is 405 g/mol. The third kappa shape index (κ3) is 3.49. The van der Waals surface area contributed by atoms with Crippen LogP contribution in [0.25, 0.3) is 5.57 Å². The summed E-state index contributed by atoms with van der Waals surface area (Å²) in [6.07, 6.45) is 2.14. The molecule has 0 bridgehead atoms. The van der Waals surface area contributed by atoms with E-state index in [0.29, 0.717) is 17.0 Å². The molecule has 156 valence electrons. The van der Waals surface area contributed by atoms with Gasteiger partial charge in [-0.15, -0.1) is 0 Å². The number of likely N-dealkylation sites (tertiary alicyclic amines) is 1. The van der Waals surface area contributed by atoms with E-state index in [1.54, 1.807) is 0 Å². The maximum Gasteiger partial charge on any atom is 0.282 e. The quantitative estimate of drug-likeness (QED) is 0.690. The molecule has 1 saturated heterocycles. The number of imide groups is 1. The number of benzene rings is 2. The molecule has 0 aromatic heterocycles. The molecule has 2 aromatic rings. The van der Waals surface area contributed by atoms with Gasteiger partial charge in [0, 0.05) is 13.1 Å². The van der Waals surface area contributed by atoms with Gasteiger partial charge in [0.05, 0.1) is 17.4 Å². The van der Waals surface area contributed by atoms with Gasteiger partial charge in [0.25, 0.3) is 11.8 Å². The minimum absolute atomic E-state index is 0.0738. The Balaban J connectivity index is 1.79. The van der Waals surface area contributed by atoms with Crippen molar-refractivity contribution in [3.05, 3.63) is 64.9 Å². The van der Waals surface area contributed by atoms with Gasteiger partial charge in [-0.25, -0.2) is 4.90 Å². The first-order valence-corrected chi connectivity index (χ1v) is 10.6. The second kappa shape index (κ2) is 7.98. The summed E-state index contributed by atoms with van der Waals surface area (Å²) < 4.78 is 5.74. The molecule has 1 fully saturated rings. The molecule has 4 rings (SSSR count). The molecule has 5 heteroatoms. The lowest BCUT2D eigenvalue weighted by Gasteiger charge is -2.21. The molecule has 5 nitrogen and oxygen atoms in total. The fourth-order valence-corrected chi connectivity index (χ4v) is 4.18. The van der Waals surface area contributed by atoms with Gasteiger partial charge in [0.1, 0.15) is 11.4 Å². The molecule has 2 heterocycles. The van der Waals surface area contributed by atoms with Gasteiger partial charge in [0.15, 0.2) is 0 Å². The zero-order chi connectivity index (χ0) is 21.4. The van der Waals surface area contributed by atoms with E-state index in [-0.39, 0.29) is 17.9 Å². The van der Waals surface area contributed by atoms with E-state index in [4.69, 9.17) is 4.74 Å². The van der Waals surface area contributed by atoms with Crippen LogP contribution < -0.4 is 9.64 Å². The Morgan fingerprint density at radius 1 is 0.900 bits per heavy atom. The molecular formula is C25H28N2O3. The summed E-state index contributed by atoms with van der Waals surface area (Å²) in [5.74, 6) is 0.265. The first-order chi connectivity index (χ1) is 14.4. The molecule has 0 aliphatic carbocycles. The lowest BCUT2D eigenvalue weighted by Crippen LogP contribution is -2.35. The second-order valence-electron chi connectivity index (χ2n) is 8.27. The third-order valence-electron chi connectivity index (χ3n) is 5.81. The molecule has 0 saturated carbocycles. The number of carbonyl (C=O) groups is 2. The smallest absolute Gasteiger partial charge is 0.282 e. The van der Waals surface area contributed by atoms with Crippen molar-refractivity contribution in [1.29, 1.82) is 0 Å². The monoisotopic (exact) mass is 404 g/mol. The van der Waals surface area contributed by atoms with Gasteiger partial charge in [-0.05, 0) is 75.4 Å². The van der Waals surface area contributed by atoms with Crippen LogP contribution in [0, 0.1) is 13.8 Å². The molecule has 0 unspecified atom stereocenters.